The highest BCUT2D eigenvalue weighted by atomic mass is 16.3. The Bertz CT molecular complexity index is 529. The number of para-hydroxylation sites is 1. The summed E-state index contributed by atoms with van der Waals surface area (Å²) in [6.07, 6.45) is 4.07. The van der Waals surface area contributed by atoms with Gasteiger partial charge in [-0.15, -0.1) is 0 Å². The number of nitrogens with one attached hydrogen (secondary N) is 1. The number of anilines is 1. The van der Waals surface area contributed by atoms with Gasteiger partial charge in [-0.25, -0.2) is 0 Å². The Morgan fingerprint density at radius 2 is 2.06 bits per heavy atom. The zero-order valence-electron chi connectivity index (χ0n) is 9.69. The quantitative estimate of drug-likeness (QED) is 0.844. The second-order valence-corrected chi connectivity index (χ2v) is 4.89. The van der Waals surface area contributed by atoms with Gasteiger partial charge in [-0.2, -0.15) is 0 Å². The highest BCUT2D eigenvalue weighted by molar-refractivity contribution is 5.90. The SMILES string of the molecule is OCC1(CNc2ccnc3ccccc23)CC1. The van der Waals surface area contributed by atoms with Crippen LogP contribution in [-0.4, -0.2) is 23.2 Å². The minimum absolute atomic E-state index is 0.129. The number of rotatable bonds is 4. The predicted octanol–water partition coefficient (Wildman–Crippen LogP) is 2.42. The molecule has 2 N–H and O–H groups in total. The normalized spacial score (nSPS) is 17.0. The van der Waals surface area contributed by atoms with Crippen LogP contribution >= 0.6 is 0 Å². The summed E-state index contributed by atoms with van der Waals surface area (Å²) >= 11 is 0. The third-order valence-electron chi connectivity index (χ3n) is 3.60. The molecule has 1 heterocycles. The maximum absolute atomic E-state index is 9.30. The summed E-state index contributed by atoms with van der Waals surface area (Å²) in [6.45, 7) is 1.13. The molecule has 1 saturated carbocycles. The lowest BCUT2D eigenvalue weighted by Crippen LogP contribution is -2.19. The van der Waals surface area contributed by atoms with Gasteiger partial charge in [0.1, 0.15) is 0 Å². The molecule has 17 heavy (non-hydrogen) atoms. The summed E-state index contributed by atoms with van der Waals surface area (Å²) in [5.74, 6) is 0. The van der Waals surface area contributed by atoms with Gasteiger partial charge >= 0.3 is 0 Å². The Hall–Kier alpha value is -1.61. The number of aliphatic hydroxyl groups is 1. The summed E-state index contributed by atoms with van der Waals surface area (Å²) in [7, 11) is 0. The van der Waals surface area contributed by atoms with Gasteiger partial charge in [0.15, 0.2) is 0 Å². The Morgan fingerprint density at radius 1 is 1.24 bits per heavy atom. The second-order valence-electron chi connectivity index (χ2n) is 4.89. The summed E-state index contributed by atoms with van der Waals surface area (Å²) in [5, 5.41) is 13.9. The van der Waals surface area contributed by atoms with E-state index in [9.17, 15) is 5.11 Å². The highest BCUT2D eigenvalue weighted by Crippen LogP contribution is 2.45. The van der Waals surface area contributed by atoms with Crippen molar-refractivity contribution < 1.29 is 5.11 Å². The summed E-state index contributed by atoms with van der Waals surface area (Å²) in [4.78, 5) is 4.33. The van der Waals surface area contributed by atoms with Crippen molar-refractivity contribution in [2.45, 2.75) is 12.8 Å². The lowest BCUT2D eigenvalue weighted by atomic mass is 10.1. The van der Waals surface area contributed by atoms with E-state index in [1.165, 1.54) is 0 Å². The fourth-order valence-corrected chi connectivity index (χ4v) is 2.10. The fourth-order valence-electron chi connectivity index (χ4n) is 2.10. The molecular weight excluding hydrogens is 212 g/mol. The van der Waals surface area contributed by atoms with Crippen LogP contribution in [0, 0.1) is 5.41 Å². The molecule has 3 heteroatoms. The predicted molar refractivity (Wildman–Crippen MR) is 69.0 cm³/mol. The maximum atomic E-state index is 9.30. The molecule has 1 aromatic carbocycles. The van der Waals surface area contributed by atoms with E-state index in [0.717, 1.165) is 36.0 Å². The first-order valence-corrected chi connectivity index (χ1v) is 6.02. The van der Waals surface area contributed by atoms with E-state index in [0.29, 0.717) is 0 Å². The maximum Gasteiger partial charge on any atom is 0.0722 e. The molecule has 88 valence electrons. The first kappa shape index (κ1) is 10.5. The fraction of sp³-hybridized carbons (Fsp3) is 0.357. The molecule has 1 aliphatic rings. The molecule has 1 aromatic heterocycles. The molecule has 1 aliphatic carbocycles. The monoisotopic (exact) mass is 228 g/mol. The van der Waals surface area contributed by atoms with E-state index in [1.807, 2.05) is 30.5 Å². The Labute approximate surface area is 100 Å². The Morgan fingerprint density at radius 3 is 2.82 bits per heavy atom. The summed E-state index contributed by atoms with van der Waals surface area (Å²) in [5.41, 5.74) is 2.24. The van der Waals surface area contributed by atoms with E-state index in [4.69, 9.17) is 0 Å². The van der Waals surface area contributed by atoms with Crippen LogP contribution in [0.2, 0.25) is 0 Å². The average Bonchev–Trinajstić information content (AvgIpc) is 3.17. The lowest BCUT2D eigenvalue weighted by Gasteiger charge is -2.15. The van der Waals surface area contributed by atoms with Crippen molar-refractivity contribution in [3.05, 3.63) is 36.5 Å². The summed E-state index contributed by atoms with van der Waals surface area (Å²) < 4.78 is 0. The number of fused-ring (bicyclic) bond motifs is 1. The third kappa shape index (κ3) is 1.98. The molecular formula is C14H16N2O. The standard InChI is InChI=1S/C14H16N2O/c17-10-14(6-7-14)9-16-13-5-8-15-12-4-2-1-3-11(12)13/h1-5,8,17H,6-7,9-10H2,(H,15,16). The van der Waals surface area contributed by atoms with E-state index < -0.39 is 0 Å². The lowest BCUT2D eigenvalue weighted by molar-refractivity contribution is 0.220. The second kappa shape index (κ2) is 4.00. The molecule has 0 saturated heterocycles. The molecule has 2 aromatic rings. The molecule has 0 aliphatic heterocycles. The van der Waals surface area contributed by atoms with Gasteiger partial charge < -0.3 is 10.4 Å². The first-order valence-electron chi connectivity index (χ1n) is 6.02. The van der Waals surface area contributed by atoms with E-state index in [2.05, 4.69) is 16.4 Å². The molecule has 3 rings (SSSR count). The molecule has 3 nitrogen and oxygen atoms in total. The highest BCUT2D eigenvalue weighted by Gasteiger charge is 2.41. The van der Waals surface area contributed by atoms with Crippen LogP contribution in [0.3, 0.4) is 0 Å². The van der Waals surface area contributed by atoms with Crippen molar-refractivity contribution in [1.82, 2.24) is 4.98 Å². The van der Waals surface area contributed by atoms with Crippen molar-refractivity contribution in [2.24, 2.45) is 5.41 Å². The van der Waals surface area contributed by atoms with Crippen LogP contribution in [-0.2, 0) is 0 Å². The van der Waals surface area contributed by atoms with Gasteiger partial charge in [0.2, 0.25) is 0 Å². The van der Waals surface area contributed by atoms with Gasteiger partial charge in [-0.3, -0.25) is 4.98 Å². The van der Waals surface area contributed by atoms with Gasteiger partial charge in [-0.1, -0.05) is 18.2 Å². The number of pyridine rings is 1. The zero-order chi connectivity index (χ0) is 11.7. The van der Waals surface area contributed by atoms with Crippen LogP contribution in [0.5, 0.6) is 0 Å². The van der Waals surface area contributed by atoms with Gasteiger partial charge in [0.25, 0.3) is 0 Å². The Kier molecular flexibility index (Phi) is 2.48. The average molecular weight is 228 g/mol. The zero-order valence-corrected chi connectivity index (χ0v) is 9.69. The molecule has 1 fully saturated rings. The molecule has 0 unspecified atom stereocenters. The van der Waals surface area contributed by atoms with E-state index in [-0.39, 0.29) is 12.0 Å². The van der Waals surface area contributed by atoms with Crippen molar-refractivity contribution in [1.29, 1.82) is 0 Å². The van der Waals surface area contributed by atoms with Crippen molar-refractivity contribution in [3.8, 4) is 0 Å². The smallest absolute Gasteiger partial charge is 0.0722 e. The van der Waals surface area contributed by atoms with Crippen LogP contribution < -0.4 is 5.32 Å². The molecule has 0 bridgehead atoms. The van der Waals surface area contributed by atoms with Gasteiger partial charge in [-0.05, 0) is 25.0 Å². The first-order chi connectivity index (χ1) is 8.33. The van der Waals surface area contributed by atoms with E-state index >= 15 is 0 Å². The number of hydrogen-bond acceptors (Lipinski definition) is 3. The van der Waals surface area contributed by atoms with Crippen LogP contribution in [0.4, 0.5) is 5.69 Å². The number of aliphatic hydroxyl groups excluding tert-OH is 1. The van der Waals surface area contributed by atoms with Crippen LogP contribution in [0.1, 0.15) is 12.8 Å². The molecule has 0 spiro atoms. The number of benzene rings is 1. The number of aromatic nitrogens is 1. The Balaban J connectivity index is 1.85. The minimum Gasteiger partial charge on any atom is -0.396 e. The number of hydrogen-bond donors (Lipinski definition) is 2. The van der Waals surface area contributed by atoms with Crippen molar-refractivity contribution in [3.63, 3.8) is 0 Å². The summed E-state index contributed by atoms with van der Waals surface area (Å²) in [6, 6.07) is 10.1. The van der Waals surface area contributed by atoms with E-state index in [1.54, 1.807) is 0 Å². The molecule has 0 radical (unpaired) electrons. The van der Waals surface area contributed by atoms with Crippen molar-refractivity contribution >= 4 is 16.6 Å². The van der Waals surface area contributed by atoms with Crippen molar-refractivity contribution in [2.75, 3.05) is 18.5 Å². The molecule has 0 atom stereocenters. The van der Waals surface area contributed by atoms with Crippen LogP contribution in [0.25, 0.3) is 10.9 Å². The van der Waals surface area contributed by atoms with Gasteiger partial charge in [0.05, 0.1) is 12.1 Å². The minimum atomic E-state index is 0.129. The van der Waals surface area contributed by atoms with Gasteiger partial charge in [0, 0.05) is 29.2 Å². The topological polar surface area (TPSA) is 45.1 Å². The third-order valence-corrected chi connectivity index (χ3v) is 3.60. The largest absolute Gasteiger partial charge is 0.396 e. The number of nitrogens with zero attached hydrogens (tertiary/aromatic N) is 1. The van der Waals surface area contributed by atoms with Crippen LogP contribution in [0.15, 0.2) is 36.5 Å². The molecule has 0 amide bonds.